The molecule has 0 saturated heterocycles. The highest BCUT2D eigenvalue weighted by atomic mass is 79.9. The van der Waals surface area contributed by atoms with Gasteiger partial charge in [-0.15, -0.1) is 0 Å². The maximum Gasteiger partial charge on any atom is 0.240 e. The zero-order valence-electron chi connectivity index (χ0n) is 8.44. The van der Waals surface area contributed by atoms with Crippen molar-refractivity contribution in [2.45, 2.75) is 17.9 Å². The molecule has 0 spiro atoms. The van der Waals surface area contributed by atoms with Crippen molar-refractivity contribution < 1.29 is 13.5 Å². The van der Waals surface area contributed by atoms with Gasteiger partial charge in [-0.2, -0.15) is 0 Å². The lowest BCUT2D eigenvalue weighted by molar-refractivity contribution is 0.198. The van der Waals surface area contributed by atoms with Gasteiger partial charge in [-0.1, -0.05) is 11.6 Å². The zero-order valence-corrected chi connectivity index (χ0v) is 11.6. The van der Waals surface area contributed by atoms with Gasteiger partial charge in [0.15, 0.2) is 0 Å². The van der Waals surface area contributed by atoms with Crippen LogP contribution in [-0.2, 0) is 10.0 Å². The van der Waals surface area contributed by atoms with Gasteiger partial charge in [-0.05, 0) is 41.1 Å². The summed E-state index contributed by atoms with van der Waals surface area (Å²) in [4.78, 5) is 0.101. The van der Waals surface area contributed by atoms with Crippen LogP contribution < -0.4 is 4.72 Å². The summed E-state index contributed by atoms with van der Waals surface area (Å²) in [7, 11) is -3.59. The van der Waals surface area contributed by atoms with Crippen molar-refractivity contribution in [3.63, 3.8) is 0 Å². The largest absolute Gasteiger partial charge is 0.392 e. The van der Waals surface area contributed by atoms with E-state index in [9.17, 15) is 8.42 Å². The predicted molar refractivity (Wildman–Crippen MR) is 66.0 cm³/mol. The van der Waals surface area contributed by atoms with Crippen LogP contribution in [0.2, 0.25) is 5.02 Å². The molecule has 0 aromatic heterocycles. The van der Waals surface area contributed by atoms with Gasteiger partial charge in [0, 0.05) is 11.0 Å². The molecule has 1 aromatic carbocycles. The Balaban J connectivity index is 2.94. The molecular weight excluding hydrogens is 318 g/mol. The number of rotatable bonds is 4. The molecule has 7 heteroatoms. The van der Waals surface area contributed by atoms with E-state index in [1.807, 2.05) is 0 Å². The summed E-state index contributed by atoms with van der Waals surface area (Å²) in [5, 5.41) is 9.44. The fourth-order valence-electron chi connectivity index (χ4n) is 0.958. The van der Waals surface area contributed by atoms with Crippen molar-refractivity contribution in [1.82, 2.24) is 4.72 Å². The van der Waals surface area contributed by atoms with Gasteiger partial charge in [0.2, 0.25) is 10.0 Å². The lowest BCUT2D eigenvalue weighted by Gasteiger charge is -2.08. The second kappa shape index (κ2) is 5.46. The van der Waals surface area contributed by atoms with Gasteiger partial charge in [0.05, 0.1) is 16.0 Å². The number of hydrogen-bond donors (Lipinski definition) is 2. The van der Waals surface area contributed by atoms with Crippen molar-refractivity contribution in [3.8, 4) is 0 Å². The van der Waals surface area contributed by atoms with Crippen LogP contribution in [0.3, 0.4) is 0 Å². The highest BCUT2D eigenvalue weighted by Gasteiger charge is 2.15. The monoisotopic (exact) mass is 327 g/mol. The molecule has 0 saturated carbocycles. The fraction of sp³-hybridized carbons (Fsp3) is 0.333. The normalized spacial score (nSPS) is 13.8. The summed E-state index contributed by atoms with van der Waals surface area (Å²) in [6.07, 6.45) is -0.731. The maximum absolute atomic E-state index is 11.7. The number of nitrogens with one attached hydrogen (secondary N) is 1. The number of aliphatic hydroxyl groups is 1. The molecule has 90 valence electrons. The summed E-state index contributed by atoms with van der Waals surface area (Å²) >= 11 is 8.90. The molecule has 2 N–H and O–H groups in total. The molecule has 0 fully saturated rings. The first kappa shape index (κ1) is 13.9. The van der Waals surface area contributed by atoms with E-state index in [0.29, 0.717) is 9.50 Å². The Kier molecular flexibility index (Phi) is 4.75. The summed E-state index contributed by atoms with van der Waals surface area (Å²) in [5.41, 5.74) is 0. The average Bonchev–Trinajstić information content (AvgIpc) is 2.19. The minimum atomic E-state index is -3.59. The highest BCUT2D eigenvalue weighted by molar-refractivity contribution is 9.10. The smallest absolute Gasteiger partial charge is 0.240 e. The Morgan fingerprint density at radius 1 is 1.56 bits per heavy atom. The lowest BCUT2D eigenvalue weighted by atomic mass is 10.4. The third-order valence-electron chi connectivity index (χ3n) is 1.77. The molecule has 0 heterocycles. The number of sulfonamides is 1. The van der Waals surface area contributed by atoms with Crippen molar-refractivity contribution in [2.24, 2.45) is 0 Å². The van der Waals surface area contributed by atoms with Crippen molar-refractivity contribution >= 4 is 37.6 Å². The Bertz CT molecular complexity index is 476. The first-order valence-corrected chi connectivity index (χ1v) is 7.11. The zero-order chi connectivity index (χ0) is 12.3. The molecule has 0 amide bonds. The topological polar surface area (TPSA) is 66.4 Å². The Morgan fingerprint density at radius 3 is 2.69 bits per heavy atom. The molecule has 0 radical (unpaired) electrons. The standard InChI is InChI=1S/C9H11BrClNO3S/c1-6(13)5-12-16(14,15)7-2-3-9(11)8(10)4-7/h2-4,6,12-13H,5H2,1H3/t6-/m1/s1. The Morgan fingerprint density at radius 2 is 2.19 bits per heavy atom. The molecule has 0 aliphatic rings. The number of aliphatic hydroxyl groups excluding tert-OH is 1. The molecule has 16 heavy (non-hydrogen) atoms. The Hall–Kier alpha value is -0.140. The van der Waals surface area contributed by atoms with Gasteiger partial charge in [-0.25, -0.2) is 13.1 Å². The van der Waals surface area contributed by atoms with Crippen LogP contribution in [0.15, 0.2) is 27.6 Å². The molecule has 0 aliphatic heterocycles. The molecule has 0 aliphatic carbocycles. The summed E-state index contributed by atoms with van der Waals surface area (Å²) < 4.78 is 26.2. The van der Waals surface area contributed by atoms with E-state index < -0.39 is 16.1 Å². The van der Waals surface area contributed by atoms with Crippen LogP contribution in [0.5, 0.6) is 0 Å². The summed E-state index contributed by atoms with van der Waals surface area (Å²) in [6.45, 7) is 1.48. The van der Waals surface area contributed by atoms with E-state index >= 15 is 0 Å². The molecule has 0 unspecified atom stereocenters. The third kappa shape index (κ3) is 3.71. The first-order valence-electron chi connectivity index (χ1n) is 4.45. The fourth-order valence-corrected chi connectivity index (χ4v) is 2.75. The van der Waals surface area contributed by atoms with Crippen LogP contribution in [0.4, 0.5) is 0 Å². The molecule has 0 bridgehead atoms. The van der Waals surface area contributed by atoms with E-state index in [2.05, 4.69) is 20.7 Å². The lowest BCUT2D eigenvalue weighted by Crippen LogP contribution is -2.30. The van der Waals surface area contributed by atoms with Gasteiger partial charge in [0.1, 0.15) is 0 Å². The second-order valence-electron chi connectivity index (χ2n) is 3.28. The van der Waals surface area contributed by atoms with Gasteiger partial charge >= 0.3 is 0 Å². The SMILES string of the molecule is C[C@@H](O)CNS(=O)(=O)c1ccc(Cl)c(Br)c1. The molecule has 1 aromatic rings. The number of benzene rings is 1. The van der Waals surface area contributed by atoms with Crippen LogP contribution in [0, 0.1) is 0 Å². The molecule has 4 nitrogen and oxygen atoms in total. The summed E-state index contributed by atoms with van der Waals surface area (Å²) in [6, 6.07) is 4.30. The minimum Gasteiger partial charge on any atom is -0.392 e. The van der Waals surface area contributed by atoms with E-state index in [4.69, 9.17) is 16.7 Å². The summed E-state index contributed by atoms with van der Waals surface area (Å²) in [5.74, 6) is 0. The Labute approximate surface area is 108 Å². The van der Waals surface area contributed by atoms with Crippen molar-refractivity contribution in [3.05, 3.63) is 27.7 Å². The molecule has 1 rings (SSSR count). The molecular formula is C9H11BrClNO3S. The molecule has 1 atom stereocenters. The van der Waals surface area contributed by atoms with Gasteiger partial charge < -0.3 is 5.11 Å². The quantitative estimate of drug-likeness (QED) is 0.885. The van der Waals surface area contributed by atoms with E-state index in [-0.39, 0.29) is 11.4 Å². The van der Waals surface area contributed by atoms with Gasteiger partial charge in [-0.3, -0.25) is 0 Å². The maximum atomic E-state index is 11.7. The van der Waals surface area contributed by atoms with Crippen molar-refractivity contribution in [2.75, 3.05) is 6.54 Å². The van der Waals surface area contributed by atoms with Crippen LogP contribution in [-0.4, -0.2) is 26.2 Å². The minimum absolute atomic E-state index is 0.0252. The average molecular weight is 329 g/mol. The van der Waals surface area contributed by atoms with Crippen LogP contribution in [0.25, 0.3) is 0 Å². The van der Waals surface area contributed by atoms with E-state index in [1.54, 1.807) is 0 Å². The second-order valence-corrected chi connectivity index (χ2v) is 6.31. The first-order chi connectivity index (χ1) is 7.33. The van der Waals surface area contributed by atoms with E-state index in [0.717, 1.165) is 0 Å². The predicted octanol–water partition coefficient (Wildman–Crippen LogP) is 1.76. The third-order valence-corrected chi connectivity index (χ3v) is 4.41. The van der Waals surface area contributed by atoms with Gasteiger partial charge in [0.25, 0.3) is 0 Å². The van der Waals surface area contributed by atoms with E-state index in [1.165, 1.54) is 25.1 Å². The van der Waals surface area contributed by atoms with Crippen LogP contribution in [0.1, 0.15) is 6.92 Å². The number of hydrogen-bond acceptors (Lipinski definition) is 3. The van der Waals surface area contributed by atoms with Crippen LogP contribution >= 0.6 is 27.5 Å². The van der Waals surface area contributed by atoms with Crippen molar-refractivity contribution in [1.29, 1.82) is 0 Å². The highest BCUT2D eigenvalue weighted by Crippen LogP contribution is 2.25. The number of halogens is 2.